The second-order valence-corrected chi connectivity index (χ2v) is 12.3. The van der Waals surface area contributed by atoms with Gasteiger partial charge < -0.3 is 15.0 Å². The summed E-state index contributed by atoms with van der Waals surface area (Å²) in [6.07, 6.45) is 4.01. The van der Waals surface area contributed by atoms with Gasteiger partial charge in [-0.25, -0.2) is 9.07 Å². The minimum atomic E-state index is -0.530. The number of nitrogens with one attached hydrogen (secondary N) is 1. The molecule has 0 spiro atoms. The molecule has 45 heavy (non-hydrogen) atoms. The van der Waals surface area contributed by atoms with E-state index >= 15 is 0 Å². The van der Waals surface area contributed by atoms with Crippen LogP contribution in [0.1, 0.15) is 53.8 Å². The van der Waals surface area contributed by atoms with Crippen molar-refractivity contribution in [2.75, 3.05) is 32.6 Å². The zero-order valence-electron chi connectivity index (χ0n) is 25.6. The molecule has 0 aliphatic heterocycles. The van der Waals surface area contributed by atoms with E-state index in [1.165, 1.54) is 18.3 Å². The maximum Gasteiger partial charge on any atom is 0.141 e. The first-order valence-electron chi connectivity index (χ1n) is 14.6. The monoisotopic (exact) mass is 645 g/mol. The fourth-order valence-electron chi connectivity index (χ4n) is 5.04. The third kappa shape index (κ3) is 7.78. The van der Waals surface area contributed by atoms with Crippen molar-refractivity contribution < 1.29 is 9.13 Å². The first-order valence-corrected chi connectivity index (χ1v) is 15.3. The Labute approximate surface area is 272 Å². The van der Waals surface area contributed by atoms with Crippen molar-refractivity contribution in [3.05, 3.63) is 111 Å². The molecule has 0 saturated carbocycles. The summed E-state index contributed by atoms with van der Waals surface area (Å²) in [5.74, 6) is -0.676. The highest BCUT2D eigenvalue weighted by atomic mass is 35.5. The van der Waals surface area contributed by atoms with Gasteiger partial charge in [-0.2, -0.15) is 5.26 Å². The molecule has 0 bridgehead atoms. The van der Waals surface area contributed by atoms with E-state index in [0.717, 1.165) is 28.9 Å². The minimum Gasteiger partial charge on any atom is -0.375 e. The van der Waals surface area contributed by atoms with Crippen LogP contribution in [0.15, 0.2) is 67.0 Å². The van der Waals surface area contributed by atoms with Crippen molar-refractivity contribution in [2.24, 2.45) is 0 Å². The summed E-state index contributed by atoms with van der Waals surface area (Å²) >= 11 is 12.9. The van der Waals surface area contributed by atoms with Crippen LogP contribution in [-0.4, -0.2) is 52.1 Å². The van der Waals surface area contributed by atoms with E-state index in [9.17, 15) is 9.65 Å². The Bertz CT molecular complexity index is 1850. The Morgan fingerprint density at radius 2 is 1.89 bits per heavy atom. The summed E-state index contributed by atoms with van der Waals surface area (Å²) in [6, 6.07) is 18.9. The fraction of sp³-hybridized carbons (Fsp3) is 0.294. The average Bonchev–Trinajstić information content (AvgIpc) is 3.51. The number of likely N-dealkylation sites (N-methyl/N-ethyl adjacent to an activating group) is 1. The van der Waals surface area contributed by atoms with E-state index in [4.69, 9.17) is 27.9 Å². The molecule has 2 aromatic heterocycles. The van der Waals surface area contributed by atoms with Crippen molar-refractivity contribution in [1.29, 1.82) is 5.26 Å². The van der Waals surface area contributed by atoms with E-state index < -0.39 is 5.82 Å². The molecule has 5 rings (SSSR count). The first kappa shape index (κ1) is 32.3. The Morgan fingerprint density at radius 1 is 1.07 bits per heavy atom. The standard InChI is InChI=1S/C34H34Cl2FN7O/c1-21(2)44-19-32(41-42-44)27(24-7-5-6-22(12-24)20-45-11-10-43(3)4)13-23-14-28-33(40-26-8-9-31(37)29(35)16-26)25(17-38)18-39-34(28)30(36)15-23/h5-9,12,14-16,18-19,21,27H,10-11,13,20H2,1-4H3,(H,39,40)/t27-/m0/s1. The highest BCUT2D eigenvalue weighted by Gasteiger charge is 2.22. The van der Waals surface area contributed by atoms with Gasteiger partial charge in [0, 0.05) is 42.0 Å². The van der Waals surface area contributed by atoms with Crippen LogP contribution in [0.2, 0.25) is 10.0 Å². The van der Waals surface area contributed by atoms with Gasteiger partial charge in [0.2, 0.25) is 0 Å². The van der Waals surface area contributed by atoms with Gasteiger partial charge in [-0.3, -0.25) is 4.98 Å². The number of hydrogen-bond acceptors (Lipinski definition) is 7. The normalized spacial score (nSPS) is 12.2. The smallest absolute Gasteiger partial charge is 0.141 e. The second kappa shape index (κ2) is 14.4. The highest BCUT2D eigenvalue weighted by Crippen LogP contribution is 2.36. The maximum atomic E-state index is 13.9. The number of halogens is 3. The lowest BCUT2D eigenvalue weighted by molar-refractivity contribution is 0.105. The van der Waals surface area contributed by atoms with Gasteiger partial charge in [0.15, 0.2) is 0 Å². The van der Waals surface area contributed by atoms with Crippen LogP contribution in [0.4, 0.5) is 15.8 Å². The fourth-order valence-corrected chi connectivity index (χ4v) is 5.51. The molecule has 0 saturated heterocycles. The number of hydrogen-bond donors (Lipinski definition) is 1. The SMILES string of the molecule is CC(C)n1cc([C@@H](Cc2cc(Cl)c3ncc(C#N)c(Nc4ccc(F)c(Cl)c4)c3c2)c2cccc(COCCN(C)C)c2)nn1. The second-order valence-electron chi connectivity index (χ2n) is 11.5. The number of fused-ring (bicyclic) bond motifs is 1. The van der Waals surface area contributed by atoms with Crippen molar-refractivity contribution in [3.8, 4) is 6.07 Å². The van der Waals surface area contributed by atoms with E-state index in [1.807, 2.05) is 43.2 Å². The summed E-state index contributed by atoms with van der Waals surface area (Å²) in [6.45, 7) is 6.10. The van der Waals surface area contributed by atoms with Gasteiger partial charge in [0.1, 0.15) is 11.9 Å². The summed E-state index contributed by atoms with van der Waals surface area (Å²) in [5, 5.41) is 23.2. The molecule has 0 unspecified atom stereocenters. The van der Waals surface area contributed by atoms with Gasteiger partial charge in [-0.15, -0.1) is 5.10 Å². The van der Waals surface area contributed by atoms with Crippen LogP contribution in [0.3, 0.4) is 0 Å². The summed E-state index contributed by atoms with van der Waals surface area (Å²) in [4.78, 5) is 6.57. The van der Waals surface area contributed by atoms with Gasteiger partial charge in [0.25, 0.3) is 0 Å². The Morgan fingerprint density at radius 3 is 2.60 bits per heavy atom. The Balaban J connectivity index is 1.55. The molecule has 0 aliphatic rings. The predicted octanol–water partition coefficient (Wildman–Crippen LogP) is 7.92. The van der Waals surface area contributed by atoms with Crippen LogP contribution in [0, 0.1) is 17.1 Å². The molecule has 3 aromatic carbocycles. The summed E-state index contributed by atoms with van der Waals surface area (Å²) < 4.78 is 21.6. The molecule has 1 N–H and O–H groups in total. The minimum absolute atomic E-state index is 0.0294. The third-order valence-corrected chi connectivity index (χ3v) is 8.03. The van der Waals surface area contributed by atoms with Crippen LogP contribution in [0.5, 0.6) is 0 Å². The van der Waals surface area contributed by atoms with Gasteiger partial charge >= 0.3 is 0 Å². The molecule has 2 heterocycles. The van der Waals surface area contributed by atoms with E-state index in [0.29, 0.717) is 52.5 Å². The Kier molecular flexibility index (Phi) is 10.3. The number of anilines is 2. The van der Waals surface area contributed by atoms with E-state index in [2.05, 4.69) is 63.6 Å². The van der Waals surface area contributed by atoms with Crippen molar-refractivity contribution >= 4 is 45.5 Å². The molecular weight excluding hydrogens is 612 g/mol. The van der Waals surface area contributed by atoms with E-state index in [-0.39, 0.29) is 17.0 Å². The molecule has 1 atom stereocenters. The number of pyridine rings is 1. The number of nitriles is 1. The molecule has 232 valence electrons. The van der Waals surface area contributed by atoms with E-state index in [1.54, 1.807) is 6.07 Å². The average molecular weight is 647 g/mol. The first-order chi connectivity index (χ1) is 21.6. The van der Waals surface area contributed by atoms with Crippen molar-refractivity contribution in [3.63, 3.8) is 0 Å². The molecule has 0 fully saturated rings. The number of nitrogens with zero attached hydrogens (tertiary/aromatic N) is 6. The summed E-state index contributed by atoms with van der Waals surface area (Å²) in [7, 11) is 4.04. The molecule has 0 aliphatic carbocycles. The summed E-state index contributed by atoms with van der Waals surface area (Å²) in [5.41, 5.74) is 5.77. The van der Waals surface area contributed by atoms with Crippen LogP contribution < -0.4 is 5.32 Å². The zero-order chi connectivity index (χ0) is 32.1. The molecular formula is C34H34Cl2FN7O. The molecule has 0 radical (unpaired) electrons. The molecule has 0 amide bonds. The number of rotatable bonds is 12. The van der Waals surface area contributed by atoms with Crippen LogP contribution in [0.25, 0.3) is 10.9 Å². The number of ether oxygens (including phenoxy) is 1. The third-order valence-electron chi connectivity index (χ3n) is 7.45. The van der Waals surface area contributed by atoms with Crippen LogP contribution >= 0.6 is 23.2 Å². The Hall–Kier alpha value is -4.07. The molecule has 11 heteroatoms. The van der Waals surface area contributed by atoms with Gasteiger partial charge in [-0.1, -0.05) is 52.7 Å². The number of benzene rings is 3. The maximum absolute atomic E-state index is 13.9. The quantitative estimate of drug-likeness (QED) is 0.138. The zero-order valence-corrected chi connectivity index (χ0v) is 27.1. The lowest BCUT2D eigenvalue weighted by Crippen LogP contribution is -2.17. The van der Waals surface area contributed by atoms with Crippen molar-refractivity contribution in [1.82, 2.24) is 24.9 Å². The van der Waals surface area contributed by atoms with Gasteiger partial charge in [0.05, 0.1) is 45.7 Å². The van der Waals surface area contributed by atoms with Crippen molar-refractivity contribution in [2.45, 2.75) is 38.8 Å². The lowest BCUT2D eigenvalue weighted by Gasteiger charge is -2.18. The number of aromatic nitrogens is 4. The van der Waals surface area contributed by atoms with Crippen LogP contribution in [-0.2, 0) is 17.8 Å². The highest BCUT2D eigenvalue weighted by molar-refractivity contribution is 6.35. The molecule has 5 aromatic rings. The molecule has 8 nitrogen and oxygen atoms in total. The largest absolute Gasteiger partial charge is 0.375 e. The lowest BCUT2D eigenvalue weighted by atomic mass is 9.88. The predicted molar refractivity (Wildman–Crippen MR) is 177 cm³/mol. The van der Waals surface area contributed by atoms with Gasteiger partial charge in [-0.05, 0) is 81.4 Å². The topological polar surface area (TPSA) is 91.9 Å².